The number of halogens is 1. The standard InChI is InChI=1S/C19H22FN3O3/c1-11(2)17(21)19(25)22-14-7-8-16(26-3)15(10-14)23-18(24)12-5-4-6-13(20)9-12/h4-11,17H,21H2,1-3H3,(H,22,25)(H,23,24)/t17-/m0/s1. The summed E-state index contributed by atoms with van der Waals surface area (Å²) >= 11 is 0. The number of hydrogen-bond donors (Lipinski definition) is 3. The van der Waals surface area contributed by atoms with Crippen molar-refractivity contribution in [1.82, 2.24) is 0 Å². The molecule has 0 spiro atoms. The van der Waals surface area contributed by atoms with Crippen molar-refractivity contribution in [2.45, 2.75) is 19.9 Å². The van der Waals surface area contributed by atoms with Crippen LogP contribution < -0.4 is 21.1 Å². The number of methoxy groups -OCH3 is 1. The van der Waals surface area contributed by atoms with Crippen LogP contribution in [0.2, 0.25) is 0 Å². The minimum absolute atomic E-state index is 0.0135. The van der Waals surface area contributed by atoms with Crippen LogP contribution in [0.1, 0.15) is 24.2 Å². The predicted molar refractivity (Wildman–Crippen MR) is 98.8 cm³/mol. The van der Waals surface area contributed by atoms with Crippen LogP contribution in [0.15, 0.2) is 42.5 Å². The first-order chi connectivity index (χ1) is 12.3. The molecule has 2 amide bonds. The number of ether oxygens (including phenoxy) is 1. The summed E-state index contributed by atoms with van der Waals surface area (Å²) in [7, 11) is 1.46. The monoisotopic (exact) mass is 359 g/mol. The van der Waals surface area contributed by atoms with Gasteiger partial charge in [-0.05, 0) is 42.3 Å². The van der Waals surface area contributed by atoms with Gasteiger partial charge in [0, 0.05) is 11.3 Å². The lowest BCUT2D eigenvalue weighted by molar-refractivity contribution is -0.118. The van der Waals surface area contributed by atoms with E-state index >= 15 is 0 Å². The maximum absolute atomic E-state index is 13.3. The fourth-order valence-electron chi connectivity index (χ4n) is 2.24. The molecule has 0 aliphatic heterocycles. The molecule has 0 saturated carbocycles. The van der Waals surface area contributed by atoms with Gasteiger partial charge in [0.25, 0.3) is 5.91 Å². The number of nitrogens with one attached hydrogen (secondary N) is 2. The van der Waals surface area contributed by atoms with Crippen molar-refractivity contribution in [3.8, 4) is 5.75 Å². The third kappa shape index (κ3) is 4.80. The highest BCUT2D eigenvalue weighted by Gasteiger charge is 2.18. The van der Waals surface area contributed by atoms with Crippen molar-refractivity contribution in [2.24, 2.45) is 11.7 Å². The molecule has 0 aliphatic carbocycles. The Morgan fingerprint density at radius 2 is 1.85 bits per heavy atom. The molecular weight excluding hydrogens is 337 g/mol. The Labute approximate surface area is 151 Å². The SMILES string of the molecule is COc1ccc(NC(=O)[C@@H](N)C(C)C)cc1NC(=O)c1cccc(F)c1. The molecule has 1 atom stereocenters. The summed E-state index contributed by atoms with van der Waals surface area (Å²) in [5, 5.41) is 5.36. The molecule has 138 valence electrons. The molecule has 0 bridgehead atoms. The molecule has 4 N–H and O–H groups in total. The summed E-state index contributed by atoms with van der Waals surface area (Å²) in [6.45, 7) is 3.70. The number of benzene rings is 2. The van der Waals surface area contributed by atoms with Crippen LogP contribution in [0.25, 0.3) is 0 Å². The van der Waals surface area contributed by atoms with Crippen LogP contribution >= 0.6 is 0 Å². The van der Waals surface area contributed by atoms with Gasteiger partial charge >= 0.3 is 0 Å². The number of rotatable bonds is 6. The van der Waals surface area contributed by atoms with Crippen molar-refractivity contribution < 1.29 is 18.7 Å². The third-order valence-electron chi connectivity index (χ3n) is 3.82. The number of carbonyl (C=O) groups is 2. The lowest BCUT2D eigenvalue weighted by Crippen LogP contribution is -2.39. The molecular formula is C19H22FN3O3. The molecule has 2 aromatic rings. The molecule has 0 saturated heterocycles. The second-order valence-electron chi connectivity index (χ2n) is 6.14. The average Bonchev–Trinajstić information content (AvgIpc) is 2.61. The van der Waals surface area contributed by atoms with Gasteiger partial charge in [0.15, 0.2) is 0 Å². The van der Waals surface area contributed by atoms with E-state index in [1.54, 1.807) is 18.2 Å². The average molecular weight is 359 g/mol. The number of hydrogen-bond acceptors (Lipinski definition) is 4. The van der Waals surface area contributed by atoms with Gasteiger partial charge in [0.1, 0.15) is 11.6 Å². The van der Waals surface area contributed by atoms with E-state index in [1.807, 2.05) is 13.8 Å². The quantitative estimate of drug-likeness (QED) is 0.739. The second-order valence-corrected chi connectivity index (χ2v) is 6.14. The molecule has 0 unspecified atom stereocenters. The number of carbonyl (C=O) groups excluding carboxylic acids is 2. The van der Waals surface area contributed by atoms with Crippen LogP contribution in [0, 0.1) is 11.7 Å². The van der Waals surface area contributed by atoms with E-state index in [2.05, 4.69) is 10.6 Å². The van der Waals surface area contributed by atoms with E-state index in [0.717, 1.165) is 6.07 Å². The Morgan fingerprint density at radius 1 is 1.12 bits per heavy atom. The number of nitrogens with two attached hydrogens (primary N) is 1. The zero-order valence-corrected chi connectivity index (χ0v) is 14.9. The second kappa shape index (κ2) is 8.44. The predicted octanol–water partition coefficient (Wildman–Crippen LogP) is 3.01. The zero-order chi connectivity index (χ0) is 19.3. The minimum Gasteiger partial charge on any atom is -0.495 e. The molecule has 0 fully saturated rings. The minimum atomic E-state index is -0.651. The fourth-order valence-corrected chi connectivity index (χ4v) is 2.24. The summed E-state index contributed by atoms with van der Waals surface area (Å²) < 4.78 is 18.5. The van der Waals surface area contributed by atoms with E-state index < -0.39 is 17.8 Å². The van der Waals surface area contributed by atoms with Gasteiger partial charge in [0.2, 0.25) is 5.91 Å². The molecule has 7 heteroatoms. The highest BCUT2D eigenvalue weighted by Crippen LogP contribution is 2.28. The van der Waals surface area contributed by atoms with Crippen molar-refractivity contribution >= 4 is 23.2 Å². The molecule has 0 aliphatic rings. The number of amides is 2. The van der Waals surface area contributed by atoms with Crippen LogP contribution in [0.3, 0.4) is 0 Å². The van der Waals surface area contributed by atoms with Gasteiger partial charge in [-0.1, -0.05) is 19.9 Å². The van der Waals surface area contributed by atoms with Crippen LogP contribution in [0.5, 0.6) is 5.75 Å². The van der Waals surface area contributed by atoms with Crippen molar-refractivity contribution in [3.05, 3.63) is 53.8 Å². The van der Waals surface area contributed by atoms with Crippen LogP contribution in [-0.4, -0.2) is 25.0 Å². The Bertz CT molecular complexity index is 808. The molecule has 6 nitrogen and oxygen atoms in total. The Hall–Kier alpha value is -2.93. The molecule has 2 aromatic carbocycles. The summed E-state index contributed by atoms with van der Waals surface area (Å²) in [4.78, 5) is 24.4. The Kier molecular flexibility index (Phi) is 6.30. The van der Waals surface area contributed by atoms with E-state index in [-0.39, 0.29) is 17.4 Å². The lowest BCUT2D eigenvalue weighted by atomic mass is 10.0. The molecule has 0 radical (unpaired) electrons. The molecule has 26 heavy (non-hydrogen) atoms. The summed E-state index contributed by atoms with van der Waals surface area (Å²) in [5.41, 5.74) is 6.81. The highest BCUT2D eigenvalue weighted by atomic mass is 19.1. The smallest absolute Gasteiger partial charge is 0.255 e. The summed E-state index contributed by atoms with van der Waals surface area (Å²) in [6.07, 6.45) is 0. The van der Waals surface area contributed by atoms with Gasteiger partial charge in [-0.25, -0.2) is 4.39 Å². The van der Waals surface area contributed by atoms with Crippen molar-refractivity contribution in [2.75, 3.05) is 17.7 Å². The van der Waals surface area contributed by atoms with E-state index in [1.165, 1.54) is 25.3 Å². The van der Waals surface area contributed by atoms with Crippen LogP contribution in [0.4, 0.5) is 15.8 Å². The molecule has 0 heterocycles. The topological polar surface area (TPSA) is 93.4 Å². The summed E-state index contributed by atoms with van der Waals surface area (Å²) in [6, 6.07) is 9.49. The Balaban J connectivity index is 2.21. The Morgan fingerprint density at radius 3 is 2.46 bits per heavy atom. The van der Waals surface area contributed by atoms with Gasteiger partial charge < -0.3 is 21.1 Å². The van der Waals surface area contributed by atoms with Gasteiger partial charge in [-0.15, -0.1) is 0 Å². The van der Waals surface area contributed by atoms with Crippen molar-refractivity contribution in [1.29, 1.82) is 0 Å². The first-order valence-electron chi connectivity index (χ1n) is 8.13. The van der Waals surface area contributed by atoms with Crippen molar-refractivity contribution in [3.63, 3.8) is 0 Å². The summed E-state index contributed by atoms with van der Waals surface area (Å²) in [5.74, 6) is -0.938. The number of anilines is 2. The fraction of sp³-hybridized carbons (Fsp3) is 0.263. The van der Waals surface area contributed by atoms with Gasteiger partial charge in [-0.3, -0.25) is 9.59 Å². The first-order valence-corrected chi connectivity index (χ1v) is 8.13. The lowest BCUT2D eigenvalue weighted by Gasteiger charge is -2.17. The van der Waals surface area contributed by atoms with Crippen LogP contribution in [-0.2, 0) is 4.79 Å². The van der Waals surface area contributed by atoms with E-state index in [9.17, 15) is 14.0 Å². The third-order valence-corrected chi connectivity index (χ3v) is 3.82. The van der Waals surface area contributed by atoms with E-state index in [4.69, 9.17) is 10.5 Å². The largest absolute Gasteiger partial charge is 0.495 e. The maximum Gasteiger partial charge on any atom is 0.255 e. The molecule has 0 aromatic heterocycles. The normalized spacial score (nSPS) is 11.8. The first kappa shape index (κ1) is 19.4. The zero-order valence-electron chi connectivity index (χ0n) is 14.9. The van der Waals surface area contributed by atoms with E-state index in [0.29, 0.717) is 17.1 Å². The highest BCUT2D eigenvalue weighted by molar-refractivity contribution is 6.05. The maximum atomic E-state index is 13.3. The molecule has 2 rings (SSSR count). The van der Waals surface area contributed by atoms with Gasteiger partial charge in [0.05, 0.1) is 18.8 Å². The van der Waals surface area contributed by atoms with Gasteiger partial charge in [-0.2, -0.15) is 0 Å².